The van der Waals surface area contributed by atoms with Crippen LogP contribution in [0.5, 0.6) is 0 Å². The summed E-state index contributed by atoms with van der Waals surface area (Å²) >= 11 is 0. The number of aryl methyl sites for hydroxylation is 1. The minimum Gasteiger partial charge on any atom is -0.438 e. The summed E-state index contributed by atoms with van der Waals surface area (Å²) in [5, 5.41) is 9.30. The molecule has 0 aliphatic rings. The number of carbonyl (C=O) groups is 1. The maximum absolute atomic E-state index is 11.8. The average Bonchev–Trinajstić information content (AvgIpc) is 2.86. The van der Waals surface area contributed by atoms with E-state index < -0.39 is 0 Å². The van der Waals surface area contributed by atoms with Crippen molar-refractivity contribution in [2.24, 2.45) is 0 Å². The summed E-state index contributed by atoms with van der Waals surface area (Å²) in [6.45, 7) is 3.59. The number of carbonyl (C=O) groups excluding carboxylic acids is 1. The van der Waals surface area contributed by atoms with Crippen LogP contribution >= 0.6 is 0 Å². The number of nitrogens with zero attached hydrogens (tertiary/aromatic N) is 2. The van der Waals surface area contributed by atoms with Crippen LogP contribution in [0.15, 0.2) is 23.2 Å². The lowest BCUT2D eigenvalue weighted by molar-refractivity contribution is 0.0911. The number of nitrogens with one attached hydrogen (secondary N) is 2. The van der Waals surface area contributed by atoms with Gasteiger partial charge in [-0.15, -0.1) is 0 Å². The van der Waals surface area contributed by atoms with Crippen LogP contribution in [0.1, 0.15) is 34.8 Å². The number of rotatable bonds is 3. The molecule has 1 unspecified atom stereocenters. The molecule has 2 N–H and O–H groups in total. The Morgan fingerprint density at radius 2 is 2.44 bits per heavy atom. The molecule has 0 spiro atoms. The highest BCUT2D eigenvalue weighted by Gasteiger charge is 2.17. The van der Waals surface area contributed by atoms with Gasteiger partial charge in [0.2, 0.25) is 5.76 Å². The van der Waals surface area contributed by atoms with Gasteiger partial charge in [0.1, 0.15) is 0 Å². The first-order valence-corrected chi connectivity index (χ1v) is 4.88. The normalized spacial score (nSPS) is 12.4. The van der Waals surface area contributed by atoms with Gasteiger partial charge in [0, 0.05) is 11.8 Å². The number of oxazole rings is 1. The molecule has 0 aliphatic heterocycles. The van der Waals surface area contributed by atoms with Crippen molar-refractivity contribution in [3.63, 3.8) is 0 Å². The van der Waals surface area contributed by atoms with E-state index >= 15 is 0 Å². The third-order valence-corrected chi connectivity index (χ3v) is 2.32. The van der Waals surface area contributed by atoms with Gasteiger partial charge in [-0.05, 0) is 13.8 Å². The summed E-state index contributed by atoms with van der Waals surface area (Å²) in [5.74, 6) is -0.0287. The molecule has 0 aliphatic carbocycles. The van der Waals surface area contributed by atoms with E-state index in [1.165, 1.54) is 6.39 Å². The van der Waals surface area contributed by atoms with Crippen LogP contribution in [0.2, 0.25) is 0 Å². The summed E-state index contributed by atoms with van der Waals surface area (Å²) in [7, 11) is 0. The van der Waals surface area contributed by atoms with E-state index in [1.807, 2.05) is 6.92 Å². The highest BCUT2D eigenvalue weighted by Crippen LogP contribution is 2.11. The lowest BCUT2D eigenvalue weighted by Crippen LogP contribution is -2.26. The number of H-pyrrole nitrogens is 1. The van der Waals surface area contributed by atoms with Crippen LogP contribution in [0.4, 0.5) is 0 Å². The molecule has 0 aromatic carbocycles. The molecular weight excluding hydrogens is 208 g/mol. The number of amides is 1. The van der Waals surface area contributed by atoms with Crippen LogP contribution < -0.4 is 5.32 Å². The molecule has 6 nitrogen and oxygen atoms in total. The predicted octanol–water partition coefficient (Wildman–Crippen LogP) is 1.20. The molecule has 2 aromatic rings. The van der Waals surface area contributed by atoms with Crippen molar-refractivity contribution < 1.29 is 9.21 Å². The van der Waals surface area contributed by atoms with Crippen LogP contribution in [0.25, 0.3) is 0 Å². The van der Waals surface area contributed by atoms with Crippen molar-refractivity contribution in [2.75, 3.05) is 0 Å². The van der Waals surface area contributed by atoms with Gasteiger partial charge >= 0.3 is 0 Å². The number of aromatic amines is 1. The van der Waals surface area contributed by atoms with Crippen molar-refractivity contribution in [1.29, 1.82) is 0 Å². The van der Waals surface area contributed by atoms with E-state index in [9.17, 15) is 4.79 Å². The van der Waals surface area contributed by atoms with Gasteiger partial charge in [-0.1, -0.05) is 0 Å². The Morgan fingerprint density at radius 1 is 1.62 bits per heavy atom. The van der Waals surface area contributed by atoms with Gasteiger partial charge in [0.25, 0.3) is 5.91 Å². The lowest BCUT2D eigenvalue weighted by atomic mass is 10.2. The zero-order valence-corrected chi connectivity index (χ0v) is 9.02. The molecule has 0 bridgehead atoms. The summed E-state index contributed by atoms with van der Waals surface area (Å²) in [6, 6.07) is -0.129. The monoisotopic (exact) mass is 220 g/mol. The molecular formula is C10H12N4O2. The Labute approximate surface area is 92.1 Å². The Balaban J connectivity index is 2.06. The second kappa shape index (κ2) is 4.18. The second-order valence-corrected chi connectivity index (χ2v) is 3.49. The fourth-order valence-corrected chi connectivity index (χ4v) is 1.36. The van der Waals surface area contributed by atoms with E-state index in [2.05, 4.69) is 20.5 Å². The fourth-order valence-electron chi connectivity index (χ4n) is 1.36. The summed E-state index contributed by atoms with van der Waals surface area (Å²) < 4.78 is 5.00. The second-order valence-electron chi connectivity index (χ2n) is 3.49. The van der Waals surface area contributed by atoms with Crippen LogP contribution in [-0.4, -0.2) is 21.1 Å². The van der Waals surface area contributed by atoms with Crippen molar-refractivity contribution in [3.8, 4) is 0 Å². The zero-order chi connectivity index (χ0) is 11.5. The number of hydrogen-bond donors (Lipinski definition) is 2. The van der Waals surface area contributed by atoms with Crippen molar-refractivity contribution >= 4 is 5.91 Å². The fraction of sp³-hybridized carbons (Fsp3) is 0.300. The van der Waals surface area contributed by atoms with Crippen LogP contribution in [0.3, 0.4) is 0 Å². The van der Waals surface area contributed by atoms with Gasteiger partial charge in [-0.3, -0.25) is 9.89 Å². The summed E-state index contributed by atoms with van der Waals surface area (Å²) in [6.07, 6.45) is 4.66. The third kappa shape index (κ3) is 1.95. The van der Waals surface area contributed by atoms with E-state index in [-0.39, 0.29) is 17.7 Å². The quantitative estimate of drug-likeness (QED) is 0.813. The molecule has 6 heteroatoms. The maximum atomic E-state index is 11.8. The van der Waals surface area contributed by atoms with E-state index in [1.54, 1.807) is 19.3 Å². The highest BCUT2D eigenvalue weighted by molar-refractivity contribution is 5.92. The predicted molar refractivity (Wildman–Crippen MR) is 55.7 cm³/mol. The molecule has 84 valence electrons. The topological polar surface area (TPSA) is 83.8 Å². The first-order chi connectivity index (χ1) is 7.68. The molecule has 0 saturated carbocycles. The van der Waals surface area contributed by atoms with Crippen molar-refractivity contribution in [2.45, 2.75) is 19.9 Å². The van der Waals surface area contributed by atoms with Gasteiger partial charge in [0.05, 0.1) is 17.9 Å². The van der Waals surface area contributed by atoms with Crippen LogP contribution in [-0.2, 0) is 0 Å². The van der Waals surface area contributed by atoms with Gasteiger partial charge < -0.3 is 9.73 Å². The average molecular weight is 220 g/mol. The summed E-state index contributed by atoms with van der Waals surface area (Å²) in [4.78, 5) is 15.6. The Bertz CT molecular complexity index is 475. The molecule has 1 amide bonds. The van der Waals surface area contributed by atoms with Crippen molar-refractivity contribution in [1.82, 2.24) is 20.5 Å². The van der Waals surface area contributed by atoms with Gasteiger partial charge in [-0.25, -0.2) is 4.98 Å². The summed E-state index contributed by atoms with van der Waals surface area (Å²) in [5.41, 5.74) is 1.49. The largest absolute Gasteiger partial charge is 0.438 e. The molecule has 2 rings (SSSR count). The molecule has 2 heterocycles. The maximum Gasteiger partial charge on any atom is 0.289 e. The van der Waals surface area contributed by atoms with E-state index in [4.69, 9.17) is 4.42 Å². The van der Waals surface area contributed by atoms with Gasteiger partial charge in [-0.2, -0.15) is 5.10 Å². The molecule has 0 saturated heterocycles. The molecule has 0 fully saturated rings. The van der Waals surface area contributed by atoms with Crippen LogP contribution in [0, 0.1) is 6.92 Å². The first-order valence-electron chi connectivity index (χ1n) is 4.88. The highest BCUT2D eigenvalue weighted by atomic mass is 16.3. The molecule has 1 atom stereocenters. The third-order valence-electron chi connectivity index (χ3n) is 2.32. The Kier molecular flexibility index (Phi) is 2.72. The molecule has 16 heavy (non-hydrogen) atoms. The molecule has 2 aromatic heterocycles. The zero-order valence-electron chi connectivity index (χ0n) is 9.02. The SMILES string of the molecule is Cc1ncoc1C(=O)NC(C)c1cn[nH]c1. The number of aromatic nitrogens is 3. The Hall–Kier alpha value is -2.11. The van der Waals surface area contributed by atoms with E-state index in [0.29, 0.717) is 5.69 Å². The lowest BCUT2D eigenvalue weighted by Gasteiger charge is -2.10. The molecule has 0 radical (unpaired) electrons. The first kappa shape index (κ1) is 10.4. The standard InChI is InChI=1S/C10H12N4O2/c1-6(8-3-12-13-4-8)14-10(15)9-7(2)11-5-16-9/h3-6H,1-2H3,(H,12,13)(H,14,15). The van der Waals surface area contributed by atoms with Gasteiger partial charge in [0.15, 0.2) is 6.39 Å². The Morgan fingerprint density at radius 3 is 3.00 bits per heavy atom. The minimum absolute atomic E-state index is 0.129. The number of hydrogen-bond acceptors (Lipinski definition) is 4. The minimum atomic E-state index is -0.274. The van der Waals surface area contributed by atoms with Crippen molar-refractivity contribution in [3.05, 3.63) is 35.8 Å². The smallest absolute Gasteiger partial charge is 0.289 e. The van der Waals surface area contributed by atoms with E-state index in [0.717, 1.165) is 5.56 Å².